The Kier molecular flexibility index (Phi) is 6.33. The monoisotopic (exact) mass is 509 g/mol. The quantitative estimate of drug-likeness (QED) is 0.138. The Hall–Kier alpha value is -3.50. The lowest BCUT2D eigenvalue weighted by Gasteiger charge is -2.10. The third kappa shape index (κ3) is 4.56. The first-order valence-corrected chi connectivity index (χ1v) is 10.7. The number of aromatic amines is 1. The van der Waals surface area contributed by atoms with E-state index < -0.39 is 10.2 Å². The number of thiol groups is 1. The summed E-state index contributed by atoms with van der Waals surface area (Å²) in [6, 6.07) is 22.3. The number of halogens is 1. The van der Waals surface area contributed by atoms with Crippen molar-refractivity contribution >= 4 is 45.6 Å². The number of rotatable bonds is 6. The largest absolute Gasteiger partial charge is 0.299 e. The first-order chi connectivity index (χ1) is 15.4. The molecule has 8 nitrogen and oxygen atoms in total. The van der Waals surface area contributed by atoms with Crippen LogP contribution in [0.25, 0.3) is 5.69 Å². The molecule has 0 radical (unpaired) electrons. The molecule has 0 aliphatic heterocycles. The summed E-state index contributed by atoms with van der Waals surface area (Å²) >= 11 is 8.14. The molecule has 1 unspecified atom stereocenters. The lowest BCUT2D eigenvalue weighted by Crippen LogP contribution is -2.13. The summed E-state index contributed by atoms with van der Waals surface area (Å²) in [5, 5.41) is 21.8. The molecular weight excluding hydrogens is 494 g/mol. The van der Waals surface area contributed by atoms with Crippen molar-refractivity contribution in [2.45, 2.75) is 5.25 Å². The summed E-state index contributed by atoms with van der Waals surface area (Å²) in [6.45, 7) is 0. The molecule has 160 valence electrons. The van der Waals surface area contributed by atoms with Gasteiger partial charge in [0.25, 0.3) is 11.2 Å². The van der Waals surface area contributed by atoms with Crippen molar-refractivity contribution in [2.24, 2.45) is 10.2 Å². The normalized spacial score (nSPS) is 12.2. The van der Waals surface area contributed by atoms with Crippen LogP contribution < -0.4 is 5.56 Å². The minimum Gasteiger partial charge on any atom is -0.291 e. The first-order valence-electron chi connectivity index (χ1n) is 9.44. The Labute approximate surface area is 196 Å². The molecule has 0 aliphatic rings. The topological polar surface area (TPSA) is 106 Å². The molecule has 1 N–H and O–H groups in total. The lowest BCUT2D eigenvalue weighted by molar-refractivity contribution is -0.384. The van der Waals surface area contributed by atoms with Crippen LogP contribution in [-0.2, 0) is 0 Å². The zero-order valence-electron chi connectivity index (χ0n) is 16.4. The van der Waals surface area contributed by atoms with E-state index in [4.69, 9.17) is 12.6 Å². The van der Waals surface area contributed by atoms with E-state index in [0.29, 0.717) is 17.1 Å². The number of H-pyrrole nitrogens is 1. The van der Waals surface area contributed by atoms with Crippen molar-refractivity contribution in [3.05, 3.63) is 115 Å². The highest BCUT2D eigenvalue weighted by molar-refractivity contribution is 9.10. The van der Waals surface area contributed by atoms with E-state index in [0.717, 1.165) is 10.0 Å². The van der Waals surface area contributed by atoms with Crippen molar-refractivity contribution in [1.29, 1.82) is 0 Å². The molecule has 1 heterocycles. The van der Waals surface area contributed by atoms with Gasteiger partial charge < -0.3 is 0 Å². The van der Waals surface area contributed by atoms with Gasteiger partial charge in [0.1, 0.15) is 0 Å². The van der Waals surface area contributed by atoms with E-state index in [-0.39, 0.29) is 16.9 Å². The van der Waals surface area contributed by atoms with Gasteiger partial charge in [-0.3, -0.25) is 20.0 Å². The van der Waals surface area contributed by atoms with E-state index in [9.17, 15) is 14.9 Å². The third-order valence-corrected chi connectivity index (χ3v) is 5.78. The fourth-order valence-electron chi connectivity index (χ4n) is 3.05. The number of nitrogens with zero attached hydrogens (tertiary/aromatic N) is 4. The lowest BCUT2D eigenvalue weighted by atomic mass is 10.1. The predicted molar refractivity (Wildman–Crippen MR) is 129 cm³/mol. The summed E-state index contributed by atoms with van der Waals surface area (Å²) in [5.74, 6) is 0. The number of nitro groups is 1. The van der Waals surface area contributed by atoms with Gasteiger partial charge in [0.05, 0.1) is 27.2 Å². The van der Waals surface area contributed by atoms with Crippen LogP contribution in [0.2, 0.25) is 0 Å². The maximum Gasteiger partial charge on any atom is 0.299 e. The minimum absolute atomic E-state index is 0.0524. The molecule has 3 aromatic carbocycles. The zero-order chi connectivity index (χ0) is 22.7. The van der Waals surface area contributed by atoms with Crippen LogP contribution in [0, 0.1) is 10.1 Å². The molecular formula is C22H16BrN5O3S. The van der Waals surface area contributed by atoms with E-state index in [1.807, 2.05) is 42.5 Å². The zero-order valence-corrected chi connectivity index (χ0v) is 18.9. The Morgan fingerprint density at radius 1 is 0.969 bits per heavy atom. The van der Waals surface area contributed by atoms with Crippen molar-refractivity contribution in [2.75, 3.05) is 0 Å². The molecule has 0 amide bonds. The average molecular weight is 510 g/mol. The van der Waals surface area contributed by atoms with Crippen LogP contribution in [0.3, 0.4) is 0 Å². The average Bonchev–Trinajstić information content (AvgIpc) is 3.14. The summed E-state index contributed by atoms with van der Waals surface area (Å²) < 4.78 is 2.32. The molecule has 1 atom stereocenters. The molecule has 10 heteroatoms. The maximum atomic E-state index is 13.2. The molecule has 32 heavy (non-hydrogen) atoms. The predicted octanol–water partition coefficient (Wildman–Crippen LogP) is 6.27. The van der Waals surface area contributed by atoms with E-state index >= 15 is 0 Å². The molecule has 0 bridgehead atoms. The molecule has 4 aromatic rings. The number of hydrogen-bond donors (Lipinski definition) is 2. The van der Waals surface area contributed by atoms with Gasteiger partial charge in [-0.1, -0.05) is 46.3 Å². The number of nitrogens with one attached hydrogen (secondary N) is 1. The number of non-ortho nitro benzene ring substituents is 1. The number of hydrogen-bond acceptors (Lipinski definition) is 6. The second-order valence-corrected chi connectivity index (χ2v) is 8.21. The summed E-state index contributed by atoms with van der Waals surface area (Å²) in [6.07, 6.45) is 0. The highest BCUT2D eigenvalue weighted by Gasteiger charge is 2.22. The van der Waals surface area contributed by atoms with Gasteiger partial charge in [-0.2, -0.15) is 17.7 Å². The van der Waals surface area contributed by atoms with Crippen LogP contribution in [-0.4, -0.2) is 14.7 Å². The van der Waals surface area contributed by atoms with Gasteiger partial charge in [0.15, 0.2) is 5.69 Å². The van der Waals surface area contributed by atoms with Gasteiger partial charge >= 0.3 is 0 Å². The van der Waals surface area contributed by atoms with Crippen LogP contribution in [0.15, 0.2) is 98.4 Å². The molecule has 0 aliphatic carbocycles. The van der Waals surface area contributed by atoms with E-state index in [2.05, 4.69) is 31.3 Å². The standard InChI is InChI=1S/C22H16BrN5O3S/c23-15-8-6-14(7-9-15)21(32)19-20(22(29)27(26-19)17-4-2-1-3-5-17)25-24-16-10-12-18(13-11-16)28(30)31/h1-13,21,26,32H. The Morgan fingerprint density at radius 2 is 1.62 bits per heavy atom. The van der Waals surface area contributed by atoms with Crippen molar-refractivity contribution in [3.63, 3.8) is 0 Å². The fraction of sp³-hybridized carbons (Fsp3) is 0.0455. The molecule has 4 rings (SSSR count). The molecule has 0 fully saturated rings. The van der Waals surface area contributed by atoms with Crippen LogP contribution in [0.4, 0.5) is 17.1 Å². The summed E-state index contributed by atoms with van der Waals surface area (Å²) in [7, 11) is 0. The van der Waals surface area contributed by atoms with Crippen LogP contribution in [0.1, 0.15) is 16.5 Å². The molecule has 0 saturated heterocycles. The molecule has 0 saturated carbocycles. The highest BCUT2D eigenvalue weighted by Crippen LogP contribution is 2.33. The van der Waals surface area contributed by atoms with Gasteiger partial charge in [-0.15, -0.1) is 5.11 Å². The highest BCUT2D eigenvalue weighted by atomic mass is 79.9. The van der Waals surface area contributed by atoms with Crippen LogP contribution >= 0.6 is 28.6 Å². The van der Waals surface area contributed by atoms with Gasteiger partial charge in [0.2, 0.25) is 0 Å². The first kappa shape index (κ1) is 21.7. The Morgan fingerprint density at radius 3 is 2.25 bits per heavy atom. The van der Waals surface area contributed by atoms with Crippen molar-refractivity contribution < 1.29 is 4.92 Å². The van der Waals surface area contributed by atoms with Crippen molar-refractivity contribution in [1.82, 2.24) is 9.78 Å². The number of aromatic nitrogens is 2. The minimum atomic E-state index is -0.493. The smallest absolute Gasteiger partial charge is 0.291 e. The maximum absolute atomic E-state index is 13.2. The third-order valence-electron chi connectivity index (χ3n) is 4.69. The van der Waals surface area contributed by atoms with E-state index in [1.165, 1.54) is 28.9 Å². The van der Waals surface area contributed by atoms with Gasteiger partial charge in [0, 0.05) is 16.6 Å². The Balaban J connectivity index is 1.78. The van der Waals surface area contributed by atoms with Gasteiger partial charge in [-0.05, 0) is 42.0 Å². The summed E-state index contributed by atoms with van der Waals surface area (Å²) in [5.41, 5.74) is 2.05. The second-order valence-electron chi connectivity index (χ2n) is 6.78. The Bertz CT molecular complexity index is 1330. The number of benzene rings is 3. The summed E-state index contributed by atoms with van der Waals surface area (Å²) in [4.78, 5) is 23.5. The van der Waals surface area contributed by atoms with Crippen molar-refractivity contribution in [3.8, 4) is 5.69 Å². The molecule has 0 spiro atoms. The second kappa shape index (κ2) is 9.33. The number of nitro benzene ring substituents is 1. The fourth-order valence-corrected chi connectivity index (χ4v) is 3.67. The molecule has 1 aromatic heterocycles. The number of para-hydroxylation sites is 1. The van der Waals surface area contributed by atoms with E-state index in [1.54, 1.807) is 12.1 Å². The van der Waals surface area contributed by atoms with Gasteiger partial charge in [-0.25, -0.2) is 4.68 Å². The van der Waals surface area contributed by atoms with Crippen LogP contribution in [0.5, 0.6) is 0 Å². The SMILES string of the molecule is O=c1c(N=Nc2ccc([N+](=O)[O-])cc2)c(C(S)c2ccc(Br)cc2)[nH]n1-c1ccccc1. The number of azo groups is 1.